The first-order valence-electron chi connectivity index (χ1n) is 1.88. The molecule has 4 nitrogen and oxygen atoms in total. The largest absolute Gasteiger partial charge is 0.314 e. The summed E-state index contributed by atoms with van der Waals surface area (Å²) < 4.78 is 0. The van der Waals surface area contributed by atoms with E-state index >= 15 is 0 Å². The van der Waals surface area contributed by atoms with Gasteiger partial charge in [0, 0.05) is 4.92 Å². The van der Waals surface area contributed by atoms with Crippen molar-refractivity contribution in [2.24, 2.45) is 0 Å². The van der Waals surface area contributed by atoms with Gasteiger partial charge in [-0.05, 0) is 6.08 Å². The van der Waals surface area contributed by atoms with Gasteiger partial charge in [0.1, 0.15) is 6.07 Å². The van der Waals surface area contributed by atoms with E-state index in [1.165, 1.54) is 6.07 Å². The van der Waals surface area contributed by atoms with Gasteiger partial charge in [-0.2, -0.15) is 5.26 Å². The molecule has 8 heavy (non-hydrogen) atoms. The molecule has 0 aliphatic rings. The van der Waals surface area contributed by atoms with E-state index in [1.807, 2.05) is 0 Å². The molecule has 0 aromatic rings. The highest BCUT2D eigenvalue weighted by Crippen LogP contribution is 1.85. The summed E-state index contributed by atoms with van der Waals surface area (Å²) in [6.07, 6.45) is 0.986. The van der Waals surface area contributed by atoms with Gasteiger partial charge in [-0.25, -0.2) is 0 Å². The maximum atomic E-state index is 9.67. The summed E-state index contributed by atoms with van der Waals surface area (Å²) in [5.41, 5.74) is 0. The molecular formula is C4H4N2O2. The van der Waals surface area contributed by atoms with Crippen molar-refractivity contribution in [3.8, 4) is 6.07 Å². The molecule has 0 aliphatic heterocycles. The lowest BCUT2D eigenvalue weighted by Crippen LogP contribution is -2.12. The van der Waals surface area contributed by atoms with E-state index in [0.29, 0.717) is 0 Å². The minimum absolute atomic E-state index is 0.701. The third-order valence-electron chi connectivity index (χ3n) is 0.583. The molecule has 0 rings (SSSR count). The van der Waals surface area contributed by atoms with E-state index in [1.54, 1.807) is 0 Å². The molecule has 0 saturated carbocycles. The zero-order valence-electron chi connectivity index (χ0n) is 4.07. The van der Waals surface area contributed by atoms with Crippen LogP contribution in [0.2, 0.25) is 0 Å². The van der Waals surface area contributed by atoms with Crippen LogP contribution in [0.25, 0.3) is 0 Å². The van der Waals surface area contributed by atoms with Crippen LogP contribution in [-0.4, -0.2) is 11.0 Å². The van der Waals surface area contributed by atoms with Gasteiger partial charge in [-0.3, -0.25) is 10.1 Å². The second-order valence-electron chi connectivity index (χ2n) is 1.09. The standard InChI is InChI=1S/C4H4N2O2/c1-2-4(3-5)6(7)8/h2,4H,1H2. The number of nitro groups is 1. The number of hydrogen-bond acceptors (Lipinski definition) is 3. The molecule has 0 saturated heterocycles. The molecule has 0 bridgehead atoms. The number of hydrogen-bond donors (Lipinski definition) is 0. The predicted octanol–water partition coefficient (Wildman–Crippen LogP) is 0.341. The summed E-state index contributed by atoms with van der Waals surface area (Å²) in [6.45, 7) is 3.09. The first-order chi connectivity index (χ1) is 3.72. The molecule has 0 aromatic carbocycles. The van der Waals surface area contributed by atoms with Crippen LogP contribution in [0.5, 0.6) is 0 Å². The maximum absolute atomic E-state index is 9.67. The Bertz CT molecular complexity index is 147. The van der Waals surface area contributed by atoms with Crippen molar-refractivity contribution in [2.75, 3.05) is 0 Å². The second-order valence-corrected chi connectivity index (χ2v) is 1.09. The van der Waals surface area contributed by atoms with E-state index in [9.17, 15) is 10.1 Å². The van der Waals surface area contributed by atoms with Crippen molar-refractivity contribution in [1.82, 2.24) is 0 Å². The third kappa shape index (κ3) is 1.39. The second kappa shape index (κ2) is 2.75. The Morgan fingerprint density at radius 3 is 2.50 bits per heavy atom. The SMILES string of the molecule is C=CC(C#N)[N+](=O)[O-]. The van der Waals surface area contributed by atoms with Crippen molar-refractivity contribution in [3.05, 3.63) is 22.8 Å². The van der Waals surface area contributed by atoms with Crippen molar-refractivity contribution in [2.45, 2.75) is 6.04 Å². The van der Waals surface area contributed by atoms with Crippen LogP contribution in [-0.2, 0) is 0 Å². The number of rotatable bonds is 2. The molecule has 0 heterocycles. The number of nitriles is 1. The van der Waals surface area contributed by atoms with Crippen LogP contribution < -0.4 is 0 Å². The molecule has 0 amide bonds. The Labute approximate surface area is 46.2 Å². The predicted molar refractivity (Wildman–Crippen MR) is 26.6 cm³/mol. The van der Waals surface area contributed by atoms with Crippen LogP contribution in [0.3, 0.4) is 0 Å². The summed E-state index contributed by atoms with van der Waals surface area (Å²) in [5, 5.41) is 17.6. The first kappa shape index (κ1) is 6.63. The van der Waals surface area contributed by atoms with Crippen molar-refractivity contribution >= 4 is 0 Å². The van der Waals surface area contributed by atoms with Crippen LogP contribution >= 0.6 is 0 Å². The van der Waals surface area contributed by atoms with E-state index in [0.717, 1.165) is 6.08 Å². The van der Waals surface area contributed by atoms with E-state index in [2.05, 4.69) is 6.58 Å². The maximum Gasteiger partial charge on any atom is 0.314 e. The van der Waals surface area contributed by atoms with Crippen molar-refractivity contribution < 1.29 is 4.92 Å². The molecule has 1 unspecified atom stereocenters. The molecule has 0 N–H and O–H groups in total. The Hall–Kier alpha value is -1.37. The van der Waals surface area contributed by atoms with E-state index < -0.39 is 11.0 Å². The zero-order valence-corrected chi connectivity index (χ0v) is 4.07. The third-order valence-corrected chi connectivity index (χ3v) is 0.583. The Morgan fingerprint density at radius 2 is 2.50 bits per heavy atom. The van der Waals surface area contributed by atoms with Crippen LogP contribution in [0.1, 0.15) is 0 Å². The Balaban J connectivity index is 3.95. The van der Waals surface area contributed by atoms with Gasteiger partial charge in [0.15, 0.2) is 0 Å². The lowest BCUT2D eigenvalue weighted by atomic mass is 10.3. The van der Waals surface area contributed by atoms with Gasteiger partial charge in [-0.1, -0.05) is 6.58 Å². The van der Waals surface area contributed by atoms with Crippen LogP contribution in [0, 0.1) is 21.4 Å². The molecule has 0 spiro atoms. The van der Waals surface area contributed by atoms with Gasteiger partial charge in [0.25, 0.3) is 0 Å². The van der Waals surface area contributed by atoms with E-state index in [-0.39, 0.29) is 0 Å². The molecule has 0 aliphatic carbocycles. The normalized spacial score (nSPS) is 11.4. The summed E-state index contributed by atoms with van der Waals surface area (Å²) in [6, 6.07) is 0.179. The topological polar surface area (TPSA) is 66.9 Å². The summed E-state index contributed by atoms with van der Waals surface area (Å²) >= 11 is 0. The minimum Gasteiger partial charge on any atom is -0.263 e. The van der Waals surface area contributed by atoms with Gasteiger partial charge >= 0.3 is 6.04 Å². The van der Waals surface area contributed by atoms with Crippen molar-refractivity contribution in [3.63, 3.8) is 0 Å². The molecule has 0 radical (unpaired) electrons. The van der Waals surface area contributed by atoms with Crippen LogP contribution in [0.4, 0.5) is 0 Å². The smallest absolute Gasteiger partial charge is 0.263 e. The minimum atomic E-state index is -1.25. The zero-order chi connectivity index (χ0) is 6.57. The molecule has 0 aromatic heterocycles. The molecular weight excluding hydrogens is 108 g/mol. The first-order valence-corrected chi connectivity index (χ1v) is 1.88. The fraction of sp³-hybridized carbons (Fsp3) is 0.250. The van der Waals surface area contributed by atoms with Gasteiger partial charge in [0.05, 0.1) is 0 Å². The molecule has 42 valence electrons. The molecule has 1 atom stereocenters. The monoisotopic (exact) mass is 112 g/mol. The highest BCUT2D eigenvalue weighted by molar-refractivity contribution is 4.96. The average Bonchev–Trinajstić information content (AvgIpc) is 1.69. The summed E-state index contributed by atoms with van der Waals surface area (Å²) in [5.74, 6) is 0. The van der Waals surface area contributed by atoms with Gasteiger partial charge in [0.2, 0.25) is 0 Å². The van der Waals surface area contributed by atoms with Crippen LogP contribution in [0.15, 0.2) is 12.7 Å². The molecule has 4 heteroatoms. The van der Waals surface area contributed by atoms with Gasteiger partial charge in [-0.15, -0.1) is 0 Å². The summed E-state index contributed by atoms with van der Waals surface area (Å²) in [7, 11) is 0. The van der Waals surface area contributed by atoms with Gasteiger partial charge < -0.3 is 0 Å². The van der Waals surface area contributed by atoms with Crippen molar-refractivity contribution in [1.29, 1.82) is 5.26 Å². The lowest BCUT2D eigenvalue weighted by Gasteiger charge is -1.87. The lowest BCUT2D eigenvalue weighted by molar-refractivity contribution is -0.494. The van der Waals surface area contributed by atoms with E-state index in [4.69, 9.17) is 5.26 Å². The summed E-state index contributed by atoms with van der Waals surface area (Å²) in [4.78, 5) is 8.97. The highest BCUT2D eigenvalue weighted by atomic mass is 16.6. The Morgan fingerprint density at radius 1 is 2.00 bits per heavy atom. The highest BCUT2D eigenvalue weighted by Gasteiger charge is 2.10. The quantitative estimate of drug-likeness (QED) is 0.294. The average molecular weight is 112 g/mol. The Kier molecular flexibility index (Phi) is 2.28. The number of nitrogens with zero attached hydrogens (tertiary/aromatic N) is 2. The fourth-order valence-corrected chi connectivity index (χ4v) is 0.186. The fourth-order valence-electron chi connectivity index (χ4n) is 0.186. The molecule has 0 fully saturated rings.